The molecule has 0 aliphatic heterocycles. The fourth-order valence-electron chi connectivity index (χ4n) is 3.62. The monoisotopic (exact) mass is 418 g/mol. The number of hydrogen-bond acceptors (Lipinski definition) is 4. The fourth-order valence-corrected chi connectivity index (χ4v) is 3.62. The Morgan fingerprint density at radius 1 is 0.968 bits per heavy atom. The van der Waals surface area contributed by atoms with Crippen LogP contribution < -0.4 is 5.32 Å². The van der Waals surface area contributed by atoms with Crippen molar-refractivity contribution in [2.45, 2.75) is 40.7 Å². The lowest BCUT2D eigenvalue weighted by Crippen LogP contribution is -2.26. The van der Waals surface area contributed by atoms with Gasteiger partial charge in [0.25, 0.3) is 5.91 Å². The van der Waals surface area contributed by atoms with Gasteiger partial charge in [0.05, 0.1) is 0 Å². The first-order valence-corrected chi connectivity index (χ1v) is 10.0. The molecule has 160 valence electrons. The molecule has 0 saturated heterocycles. The molecule has 1 amide bonds. The van der Waals surface area contributed by atoms with E-state index in [9.17, 15) is 14.4 Å². The number of carbonyl (C=O) groups is 3. The summed E-state index contributed by atoms with van der Waals surface area (Å²) in [6, 6.07) is 14.6. The van der Waals surface area contributed by atoms with Crippen LogP contribution in [-0.2, 0) is 9.53 Å². The van der Waals surface area contributed by atoms with E-state index < -0.39 is 18.0 Å². The molecule has 1 atom stereocenters. The van der Waals surface area contributed by atoms with Crippen molar-refractivity contribution < 1.29 is 19.1 Å². The van der Waals surface area contributed by atoms with Gasteiger partial charge in [-0.2, -0.15) is 0 Å². The number of aryl methyl sites for hydroxylation is 3. The van der Waals surface area contributed by atoms with Gasteiger partial charge in [-0.15, -0.1) is 0 Å². The standard InChI is InChI=1S/C25H26N2O4/c1-14-11-12-15(2)20(13-14)27-24(29)23(19-9-7-6-8-10-19)31-25(30)22-16(3)21(18(5)28)17(4)26-22/h6-13,23,26H,1-5H3,(H,27,29)/t23-/m1/s1. The van der Waals surface area contributed by atoms with Crippen LogP contribution in [0.15, 0.2) is 48.5 Å². The first kappa shape index (κ1) is 22.0. The fraction of sp³-hybridized carbons (Fsp3) is 0.240. The molecule has 2 aromatic carbocycles. The van der Waals surface area contributed by atoms with E-state index in [1.54, 1.807) is 38.1 Å². The summed E-state index contributed by atoms with van der Waals surface area (Å²) in [5.41, 5.74) is 4.84. The van der Waals surface area contributed by atoms with E-state index in [1.807, 2.05) is 38.1 Å². The molecular weight excluding hydrogens is 392 g/mol. The number of esters is 1. The van der Waals surface area contributed by atoms with E-state index in [4.69, 9.17) is 4.74 Å². The molecule has 0 bridgehead atoms. The lowest BCUT2D eigenvalue weighted by molar-refractivity contribution is -0.125. The predicted octanol–water partition coefficient (Wildman–Crippen LogP) is 4.99. The summed E-state index contributed by atoms with van der Waals surface area (Å²) in [6.07, 6.45) is -1.16. The summed E-state index contributed by atoms with van der Waals surface area (Å²) < 4.78 is 5.66. The van der Waals surface area contributed by atoms with Gasteiger partial charge in [-0.3, -0.25) is 9.59 Å². The van der Waals surface area contributed by atoms with Crippen LogP contribution in [0.4, 0.5) is 5.69 Å². The van der Waals surface area contributed by atoms with Gasteiger partial charge in [0, 0.05) is 22.5 Å². The summed E-state index contributed by atoms with van der Waals surface area (Å²) in [5, 5.41) is 2.88. The van der Waals surface area contributed by atoms with E-state index in [0.717, 1.165) is 11.1 Å². The van der Waals surface area contributed by atoms with Crippen molar-refractivity contribution in [2.24, 2.45) is 0 Å². The molecule has 0 unspecified atom stereocenters. The number of hydrogen-bond donors (Lipinski definition) is 2. The molecule has 1 aromatic heterocycles. The van der Waals surface area contributed by atoms with E-state index in [-0.39, 0.29) is 11.5 Å². The first-order valence-electron chi connectivity index (χ1n) is 10.0. The molecule has 2 N–H and O–H groups in total. The van der Waals surface area contributed by atoms with Crippen molar-refractivity contribution >= 4 is 23.3 Å². The minimum Gasteiger partial charge on any atom is -0.443 e. The zero-order chi connectivity index (χ0) is 22.7. The second-order valence-electron chi connectivity index (χ2n) is 7.68. The van der Waals surface area contributed by atoms with Crippen molar-refractivity contribution in [1.82, 2.24) is 4.98 Å². The molecule has 0 radical (unpaired) electrons. The van der Waals surface area contributed by atoms with Gasteiger partial charge in [-0.25, -0.2) is 4.79 Å². The van der Waals surface area contributed by atoms with Gasteiger partial charge in [-0.05, 0) is 57.4 Å². The van der Waals surface area contributed by atoms with Crippen LogP contribution in [0.2, 0.25) is 0 Å². The van der Waals surface area contributed by atoms with Gasteiger partial charge in [0.15, 0.2) is 5.78 Å². The van der Waals surface area contributed by atoms with Gasteiger partial charge in [0.2, 0.25) is 6.10 Å². The van der Waals surface area contributed by atoms with Crippen molar-refractivity contribution in [3.05, 3.63) is 87.7 Å². The number of amides is 1. The molecule has 0 saturated carbocycles. The van der Waals surface area contributed by atoms with Crippen molar-refractivity contribution in [2.75, 3.05) is 5.32 Å². The summed E-state index contributed by atoms with van der Waals surface area (Å²) in [4.78, 5) is 41.0. The first-order chi connectivity index (χ1) is 14.7. The maximum Gasteiger partial charge on any atom is 0.356 e. The number of aromatic nitrogens is 1. The number of benzene rings is 2. The molecule has 3 rings (SSSR count). The highest BCUT2D eigenvalue weighted by atomic mass is 16.5. The Morgan fingerprint density at radius 2 is 1.65 bits per heavy atom. The summed E-state index contributed by atoms with van der Waals surface area (Å²) in [7, 11) is 0. The zero-order valence-electron chi connectivity index (χ0n) is 18.3. The van der Waals surface area contributed by atoms with Crippen LogP contribution in [0.1, 0.15) is 61.8 Å². The maximum absolute atomic E-state index is 13.2. The number of carbonyl (C=O) groups excluding carboxylic acids is 3. The Bertz CT molecular complexity index is 1150. The Morgan fingerprint density at radius 3 is 2.26 bits per heavy atom. The third kappa shape index (κ3) is 4.74. The number of anilines is 1. The predicted molar refractivity (Wildman–Crippen MR) is 119 cm³/mol. The Kier molecular flexibility index (Phi) is 6.39. The highest BCUT2D eigenvalue weighted by Crippen LogP contribution is 2.26. The second-order valence-corrected chi connectivity index (χ2v) is 7.68. The Balaban J connectivity index is 1.93. The normalized spacial score (nSPS) is 11.6. The van der Waals surface area contributed by atoms with Crippen LogP contribution in [0.5, 0.6) is 0 Å². The second kappa shape index (κ2) is 9.00. The minimum atomic E-state index is -1.16. The number of ether oxygens (including phenoxy) is 1. The smallest absolute Gasteiger partial charge is 0.356 e. The molecule has 1 heterocycles. The largest absolute Gasteiger partial charge is 0.443 e. The van der Waals surface area contributed by atoms with Crippen molar-refractivity contribution in [3.8, 4) is 0 Å². The molecule has 31 heavy (non-hydrogen) atoms. The van der Waals surface area contributed by atoms with E-state index >= 15 is 0 Å². The highest BCUT2D eigenvalue weighted by molar-refractivity contribution is 6.02. The number of ketones is 1. The summed E-state index contributed by atoms with van der Waals surface area (Å²) in [6.45, 7) is 8.69. The van der Waals surface area contributed by atoms with Crippen LogP contribution >= 0.6 is 0 Å². The molecule has 0 spiro atoms. The molecule has 6 nitrogen and oxygen atoms in total. The maximum atomic E-state index is 13.2. The van der Waals surface area contributed by atoms with Crippen LogP contribution in [0.3, 0.4) is 0 Å². The minimum absolute atomic E-state index is 0.141. The zero-order valence-corrected chi connectivity index (χ0v) is 18.3. The lowest BCUT2D eigenvalue weighted by atomic mass is 10.1. The van der Waals surface area contributed by atoms with E-state index in [0.29, 0.717) is 28.1 Å². The van der Waals surface area contributed by atoms with E-state index in [2.05, 4.69) is 10.3 Å². The van der Waals surface area contributed by atoms with Crippen molar-refractivity contribution in [1.29, 1.82) is 0 Å². The molecular formula is C25H26N2O4. The van der Waals surface area contributed by atoms with Crippen molar-refractivity contribution in [3.63, 3.8) is 0 Å². The van der Waals surface area contributed by atoms with Gasteiger partial charge >= 0.3 is 5.97 Å². The third-order valence-corrected chi connectivity index (χ3v) is 5.21. The third-order valence-electron chi connectivity index (χ3n) is 5.21. The highest BCUT2D eigenvalue weighted by Gasteiger charge is 2.29. The molecule has 0 aliphatic rings. The van der Waals surface area contributed by atoms with Crippen LogP contribution in [0.25, 0.3) is 0 Å². The number of aromatic amines is 1. The molecule has 0 aliphatic carbocycles. The molecule has 6 heteroatoms. The molecule has 0 fully saturated rings. The summed E-state index contributed by atoms with van der Waals surface area (Å²) in [5.74, 6) is -1.29. The van der Waals surface area contributed by atoms with Gasteiger partial charge < -0.3 is 15.0 Å². The van der Waals surface area contributed by atoms with Gasteiger partial charge in [0.1, 0.15) is 5.69 Å². The number of nitrogens with one attached hydrogen (secondary N) is 2. The van der Waals surface area contributed by atoms with Crippen LogP contribution in [-0.4, -0.2) is 22.6 Å². The Labute approximate surface area is 181 Å². The topological polar surface area (TPSA) is 88.3 Å². The Hall–Kier alpha value is -3.67. The summed E-state index contributed by atoms with van der Waals surface area (Å²) >= 11 is 0. The van der Waals surface area contributed by atoms with E-state index in [1.165, 1.54) is 6.92 Å². The van der Waals surface area contributed by atoms with Gasteiger partial charge in [-0.1, -0.05) is 42.5 Å². The lowest BCUT2D eigenvalue weighted by Gasteiger charge is -2.19. The number of Topliss-reactive ketones (excluding diaryl/α,β-unsaturated/α-hetero) is 1. The number of H-pyrrole nitrogens is 1. The quantitative estimate of drug-likeness (QED) is 0.436. The average molecular weight is 418 g/mol. The average Bonchev–Trinajstić information content (AvgIpc) is 3.03. The molecule has 3 aromatic rings. The SMILES string of the molecule is CC(=O)c1c(C)[nH]c(C(=O)O[C@@H](C(=O)Nc2cc(C)ccc2C)c2ccccc2)c1C. The number of rotatable bonds is 6. The van der Waals surface area contributed by atoms with Crippen LogP contribution in [0, 0.1) is 27.7 Å².